The largest absolute Gasteiger partial charge is 0.493 e. The molecule has 0 bridgehead atoms. The first-order valence-corrected chi connectivity index (χ1v) is 9.84. The average Bonchev–Trinajstić information content (AvgIpc) is 2.81. The topological polar surface area (TPSA) is 69.7 Å². The zero-order chi connectivity index (χ0) is 22.8. The molecule has 0 aliphatic carbocycles. The highest BCUT2D eigenvalue weighted by Crippen LogP contribution is 2.28. The van der Waals surface area contributed by atoms with Gasteiger partial charge < -0.3 is 19.5 Å². The van der Waals surface area contributed by atoms with Gasteiger partial charge in [0.15, 0.2) is 11.5 Å². The summed E-state index contributed by atoms with van der Waals surface area (Å²) < 4.78 is 29.9. The smallest absolute Gasteiger partial charge is 0.244 e. The molecule has 0 atom stereocenters. The van der Waals surface area contributed by atoms with Crippen LogP contribution in [0.25, 0.3) is 6.08 Å². The Morgan fingerprint density at radius 2 is 2.03 bits per heavy atom. The average molecular weight is 434 g/mol. The SMILES string of the molecule is C=CCOc1ccc(C=CC(=O)NCc2cccnc2Oc2cccc(F)c2)cc1OC. The number of methoxy groups -OCH3 is 1. The van der Waals surface area contributed by atoms with Crippen molar-refractivity contribution in [2.45, 2.75) is 6.54 Å². The Labute approximate surface area is 186 Å². The monoisotopic (exact) mass is 434 g/mol. The molecule has 1 heterocycles. The number of hydrogen-bond acceptors (Lipinski definition) is 5. The molecule has 164 valence electrons. The number of halogens is 1. The summed E-state index contributed by atoms with van der Waals surface area (Å²) in [6.45, 7) is 4.18. The van der Waals surface area contributed by atoms with Crippen molar-refractivity contribution in [3.05, 3.63) is 96.5 Å². The summed E-state index contributed by atoms with van der Waals surface area (Å²) in [5.41, 5.74) is 1.43. The van der Waals surface area contributed by atoms with Gasteiger partial charge in [-0.05, 0) is 42.0 Å². The van der Waals surface area contributed by atoms with Crippen molar-refractivity contribution in [3.8, 4) is 23.1 Å². The molecule has 3 aromatic rings. The molecule has 0 unspecified atom stereocenters. The minimum atomic E-state index is -0.407. The van der Waals surface area contributed by atoms with E-state index in [0.717, 1.165) is 5.56 Å². The molecule has 6 nitrogen and oxygen atoms in total. The van der Waals surface area contributed by atoms with Crippen molar-refractivity contribution in [2.75, 3.05) is 13.7 Å². The number of aromatic nitrogens is 1. The molecule has 1 amide bonds. The fraction of sp³-hybridized carbons (Fsp3) is 0.120. The van der Waals surface area contributed by atoms with Gasteiger partial charge in [-0.2, -0.15) is 0 Å². The van der Waals surface area contributed by atoms with Crippen LogP contribution in [-0.4, -0.2) is 24.6 Å². The third kappa shape index (κ3) is 6.43. The van der Waals surface area contributed by atoms with Crippen LogP contribution in [0, 0.1) is 5.82 Å². The maximum atomic E-state index is 13.4. The van der Waals surface area contributed by atoms with Crippen LogP contribution in [0.15, 0.2) is 79.5 Å². The predicted octanol–water partition coefficient (Wildman–Crippen LogP) is 4.92. The van der Waals surface area contributed by atoms with Crippen LogP contribution in [0.4, 0.5) is 4.39 Å². The number of rotatable bonds is 10. The zero-order valence-electron chi connectivity index (χ0n) is 17.6. The predicted molar refractivity (Wildman–Crippen MR) is 120 cm³/mol. The number of carbonyl (C=O) groups is 1. The van der Waals surface area contributed by atoms with Crippen molar-refractivity contribution in [2.24, 2.45) is 0 Å². The van der Waals surface area contributed by atoms with Crippen LogP contribution in [0.1, 0.15) is 11.1 Å². The number of amides is 1. The molecule has 0 saturated carbocycles. The van der Waals surface area contributed by atoms with Crippen LogP contribution in [0.2, 0.25) is 0 Å². The molecule has 0 aliphatic heterocycles. The van der Waals surface area contributed by atoms with Gasteiger partial charge in [-0.1, -0.05) is 30.9 Å². The molecule has 3 rings (SSSR count). The van der Waals surface area contributed by atoms with E-state index in [0.29, 0.717) is 35.3 Å². The number of nitrogens with one attached hydrogen (secondary N) is 1. The van der Waals surface area contributed by atoms with Crippen molar-refractivity contribution in [1.82, 2.24) is 10.3 Å². The Kier molecular flexibility index (Phi) is 7.97. The van der Waals surface area contributed by atoms with Crippen LogP contribution in [-0.2, 0) is 11.3 Å². The van der Waals surface area contributed by atoms with E-state index >= 15 is 0 Å². The summed E-state index contributed by atoms with van der Waals surface area (Å²) in [6, 6.07) is 14.6. The molecule has 0 radical (unpaired) electrons. The number of carbonyl (C=O) groups excluding carboxylic acids is 1. The molecule has 0 saturated heterocycles. The van der Waals surface area contributed by atoms with Gasteiger partial charge in [0, 0.05) is 30.4 Å². The first-order valence-electron chi connectivity index (χ1n) is 9.84. The highest BCUT2D eigenvalue weighted by atomic mass is 19.1. The maximum Gasteiger partial charge on any atom is 0.244 e. The number of benzene rings is 2. The Morgan fingerprint density at radius 3 is 2.81 bits per heavy atom. The minimum absolute atomic E-state index is 0.194. The minimum Gasteiger partial charge on any atom is -0.493 e. The van der Waals surface area contributed by atoms with Gasteiger partial charge in [-0.25, -0.2) is 9.37 Å². The van der Waals surface area contributed by atoms with Gasteiger partial charge in [0.1, 0.15) is 18.2 Å². The van der Waals surface area contributed by atoms with E-state index in [2.05, 4.69) is 16.9 Å². The summed E-state index contributed by atoms with van der Waals surface area (Å²) in [5, 5.41) is 2.79. The van der Waals surface area contributed by atoms with Crippen LogP contribution in [0.3, 0.4) is 0 Å². The van der Waals surface area contributed by atoms with E-state index in [1.807, 2.05) is 6.07 Å². The van der Waals surface area contributed by atoms with E-state index in [-0.39, 0.29) is 12.5 Å². The molecule has 1 aromatic heterocycles. The highest BCUT2D eigenvalue weighted by Gasteiger charge is 2.08. The second-order valence-corrected chi connectivity index (χ2v) is 6.59. The number of nitrogens with zero attached hydrogens (tertiary/aromatic N) is 1. The molecule has 0 spiro atoms. The molecule has 1 N–H and O–H groups in total. The van der Waals surface area contributed by atoms with Crippen molar-refractivity contribution in [3.63, 3.8) is 0 Å². The fourth-order valence-electron chi connectivity index (χ4n) is 2.76. The summed E-state index contributed by atoms with van der Waals surface area (Å²) in [6.07, 6.45) is 6.30. The lowest BCUT2D eigenvalue weighted by atomic mass is 10.2. The quantitative estimate of drug-likeness (QED) is 0.362. The van der Waals surface area contributed by atoms with E-state index in [1.165, 1.54) is 18.2 Å². The van der Waals surface area contributed by atoms with E-state index in [1.54, 1.807) is 61.9 Å². The third-order valence-electron chi connectivity index (χ3n) is 4.29. The summed E-state index contributed by atoms with van der Waals surface area (Å²) in [5.74, 6) is 1.07. The molecule has 0 fully saturated rings. The first-order chi connectivity index (χ1) is 15.6. The molecule has 0 aliphatic rings. The lowest BCUT2D eigenvalue weighted by molar-refractivity contribution is -0.116. The first kappa shape index (κ1) is 22.6. The fourth-order valence-corrected chi connectivity index (χ4v) is 2.76. The summed E-state index contributed by atoms with van der Waals surface area (Å²) in [7, 11) is 1.55. The van der Waals surface area contributed by atoms with Gasteiger partial charge >= 0.3 is 0 Å². The molecule has 32 heavy (non-hydrogen) atoms. The highest BCUT2D eigenvalue weighted by molar-refractivity contribution is 5.91. The summed E-state index contributed by atoms with van der Waals surface area (Å²) >= 11 is 0. The molecular formula is C25H23FN2O4. The Balaban J connectivity index is 1.61. The Morgan fingerprint density at radius 1 is 1.16 bits per heavy atom. The zero-order valence-corrected chi connectivity index (χ0v) is 17.6. The van der Waals surface area contributed by atoms with Gasteiger partial charge in [-0.15, -0.1) is 0 Å². The summed E-state index contributed by atoms with van der Waals surface area (Å²) in [4.78, 5) is 16.5. The number of hydrogen-bond donors (Lipinski definition) is 1. The van der Waals surface area contributed by atoms with Crippen molar-refractivity contribution < 1.29 is 23.4 Å². The van der Waals surface area contributed by atoms with Gasteiger partial charge in [0.25, 0.3) is 0 Å². The van der Waals surface area contributed by atoms with E-state index in [4.69, 9.17) is 14.2 Å². The number of pyridine rings is 1. The van der Waals surface area contributed by atoms with Gasteiger partial charge in [0.2, 0.25) is 11.8 Å². The van der Waals surface area contributed by atoms with Crippen molar-refractivity contribution in [1.29, 1.82) is 0 Å². The van der Waals surface area contributed by atoms with Crippen molar-refractivity contribution >= 4 is 12.0 Å². The van der Waals surface area contributed by atoms with Gasteiger partial charge in [-0.3, -0.25) is 4.79 Å². The Hall–Kier alpha value is -4.13. The lowest BCUT2D eigenvalue weighted by Gasteiger charge is -2.10. The molecular weight excluding hydrogens is 411 g/mol. The molecule has 2 aromatic carbocycles. The van der Waals surface area contributed by atoms with Crippen LogP contribution < -0.4 is 19.5 Å². The van der Waals surface area contributed by atoms with Crippen LogP contribution in [0.5, 0.6) is 23.1 Å². The van der Waals surface area contributed by atoms with Gasteiger partial charge in [0.05, 0.1) is 7.11 Å². The Bertz CT molecular complexity index is 1110. The normalized spacial score (nSPS) is 10.6. The lowest BCUT2D eigenvalue weighted by Crippen LogP contribution is -2.20. The number of ether oxygens (including phenoxy) is 3. The maximum absolute atomic E-state index is 13.4. The van der Waals surface area contributed by atoms with Crippen LogP contribution >= 0.6 is 0 Å². The third-order valence-corrected chi connectivity index (χ3v) is 4.29. The second-order valence-electron chi connectivity index (χ2n) is 6.59. The second kappa shape index (κ2) is 11.3. The molecule has 7 heteroatoms. The standard InChI is InChI=1S/C25H23FN2O4/c1-3-14-31-22-11-9-18(15-23(22)30-2)10-12-24(29)28-17-19-6-5-13-27-25(19)32-21-8-4-7-20(26)16-21/h3-13,15-16H,1,14,17H2,2H3,(H,28,29). The van der Waals surface area contributed by atoms with E-state index < -0.39 is 5.82 Å². The van der Waals surface area contributed by atoms with E-state index in [9.17, 15) is 9.18 Å².